The largest absolute Gasteiger partial charge is 0.481 e. The van der Waals surface area contributed by atoms with Crippen molar-refractivity contribution in [1.29, 1.82) is 0 Å². The summed E-state index contributed by atoms with van der Waals surface area (Å²) in [6.45, 7) is 3.49. The Morgan fingerprint density at radius 1 is 1.19 bits per heavy atom. The van der Waals surface area contributed by atoms with Gasteiger partial charge in [-0.25, -0.2) is 4.79 Å². The highest BCUT2D eigenvalue weighted by molar-refractivity contribution is 5.85. The average molecular weight is 226 g/mol. The lowest BCUT2D eigenvalue weighted by molar-refractivity contribution is 0.0361. The van der Waals surface area contributed by atoms with Crippen molar-refractivity contribution in [1.82, 2.24) is 9.97 Å². The maximum Gasteiger partial charge on any atom is 0.376 e. The van der Waals surface area contributed by atoms with Crippen LogP contribution in [0.4, 0.5) is 0 Å². The summed E-state index contributed by atoms with van der Waals surface area (Å²) in [7, 11) is 2.89. The van der Waals surface area contributed by atoms with Crippen molar-refractivity contribution in [2.45, 2.75) is 20.0 Å². The molecule has 0 N–H and O–H groups in total. The highest BCUT2D eigenvalue weighted by Gasteiger charge is 2.15. The molecule has 88 valence electrons. The minimum atomic E-state index is -0.604. The molecule has 0 saturated carbocycles. The van der Waals surface area contributed by atoms with E-state index in [0.717, 1.165) is 0 Å². The summed E-state index contributed by atoms with van der Waals surface area (Å²) < 4.78 is 14.8. The zero-order valence-electron chi connectivity index (χ0n) is 9.68. The zero-order valence-corrected chi connectivity index (χ0v) is 9.68. The number of rotatable bonds is 4. The molecule has 0 fully saturated rings. The molecule has 0 atom stereocenters. The Morgan fingerprint density at radius 3 is 2.06 bits per heavy atom. The molecule has 0 aliphatic rings. The van der Waals surface area contributed by atoms with E-state index in [1.54, 1.807) is 13.8 Å². The van der Waals surface area contributed by atoms with Crippen molar-refractivity contribution in [3.63, 3.8) is 0 Å². The van der Waals surface area contributed by atoms with Crippen LogP contribution in [0.15, 0.2) is 6.07 Å². The first-order chi connectivity index (χ1) is 7.56. The lowest BCUT2D eigenvalue weighted by atomic mass is 10.4. The third kappa shape index (κ3) is 3.08. The van der Waals surface area contributed by atoms with Gasteiger partial charge in [-0.15, -0.1) is 0 Å². The zero-order chi connectivity index (χ0) is 12.1. The molecule has 0 spiro atoms. The van der Waals surface area contributed by atoms with Crippen molar-refractivity contribution >= 4 is 5.97 Å². The second kappa shape index (κ2) is 5.29. The van der Waals surface area contributed by atoms with Gasteiger partial charge in [0.25, 0.3) is 0 Å². The van der Waals surface area contributed by atoms with Crippen molar-refractivity contribution in [2.75, 3.05) is 14.2 Å². The number of aromatic nitrogens is 2. The van der Waals surface area contributed by atoms with Gasteiger partial charge in [0.15, 0.2) is 0 Å². The number of hydrogen-bond acceptors (Lipinski definition) is 6. The molecule has 1 heterocycles. The molecular weight excluding hydrogens is 212 g/mol. The molecule has 6 heteroatoms. The number of ether oxygens (including phenoxy) is 3. The Morgan fingerprint density at radius 2 is 1.69 bits per heavy atom. The second-order valence-electron chi connectivity index (χ2n) is 3.23. The van der Waals surface area contributed by atoms with Gasteiger partial charge in [0.05, 0.1) is 26.4 Å². The van der Waals surface area contributed by atoms with Gasteiger partial charge in [-0.3, -0.25) is 0 Å². The molecule has 0 amide bonds. The fraction of sp³-hybridized carbons (Fsp3) is 0.500. The third-order valence-corrected chi connectivity index (χ3v) is 1.62. The first-order valence-corrected chi connectivity index (χ1v) is 4.75. The average Bonchev–Trinajstić information content (AvgIpc) is 2.27. The quantitative estimate of drug-likeness (QED) is 0.715. The Kier molecular flexibility index (Phi) is 4.04. The lowest BCUT2D eigenvalue weighted by Crippen LogP contribution is -2.15. The van der Waals surface area contributed by atoms with E-state index in [2.05, 4.69) is 9.97 Å². The Bertz CT molecular complexity index is 357. The van der Waals surface area contributed by atoms with Gasteiger partial charge in [-0.05, 0) is 13.8 Å². The van der Waals surface area contributed by atoms with Crippen molar-refractivity contribution in [2.24, 2.45) is 0 Å². The third-order valence-electron chi connectivity index (χ3n) is 1.62. The van der Waals surface area contributed by atoms with Crippen LogP contribution in [0.2, 0.25) is 0 Å². The van der Waals surface area contributed by atoms with Crippen LogP contribution in [0.5, 0.6) is 11.8 Å². The minimum Gasteiger partial charge on any atom is -0.481 e. The topological polar surface area (TPSA) is 70.5 Å². The number of nitrogens with zero attached hydrogens (tertiary/aromatic N) is 2. The summed E-state index contributed by atoms with van der Waals surface area (Å²) in [5.41, 5.74) is 0. The fourth-order valence-corrected chi connectivity index (χ4v) is 0.971. The minimum absolute atomic E-state index is 0.0788. The maximum absolute atomic E-state index is 11.5. The molecule has 6 nitrogen and oxygen atoms in total. The van der Waals surface area contributed by atoms with Gasteiger partial charge in [0.1, 0.15) is 0 Å². The van der Waals surface area contributed by atoms with Crippen LogP contribution in [0.1, 0.15) is 24.5 Å². The Balaban J connectivity index is 2.98. The van der Waals surface area contributed by atoms with Gasteiger partial charge >= 0.3 is 5.97 Å². The van der Waals surface area contributed by atoms with Gasteiger partial charge in [-0.2, -0.15) is 9.97 Å². The molecule has 0 unspecified atom stereocenters. The van der Waals surface area contributed by atoms with Crippen LogP contribution >= 0.6 is 0 Å². The van der Waals surface area contributed by atoms with Crippen molar-refractivity contribution in [3.8, 4) is 11.8 Å². The van der Waals surface area contributed by atoms with Crippen LogP contribution in [-0.4, -0.2) is 36.3 Å². The number of carbonyl (C=O) groups excluding carboxylic acids is 1. The second-order valence-corrected chi connectivity index (χ2v) is 3.23. The van der Waals surface area contributed by atoms with Gasteiger partial charge in [-0.1, -0.05) is 0 Å². The summed E-state index contributed by atoms with van der Waals surface area (Å²) in [5.74, 6) is -0.179. The molecular formula is C10H14N2O4. The summed E-state index contributed by atoms with van der Waals surface area (Å²) in [5, 5.41) is 0. The highest BCUT2D eigenvalue weighted by Crippen LogP contribution is 2.15. The molecule has 0 bridgehead atoms. The summed E-state index contributed by atoms with van der Waals surface area (Å²) in [6.07, 6.45) is -0.228. The molecule has 0 aromatic carbocycles. The number of carbonyl (C=O) groups is 1. The maximum atomic E-state index is 11.5. The standard InChI is InChI=1S/C10H14N2O4/c1-6(2)16-10(13)9-11-7(14-3)5-8(12-9)15-4/h5-6H,1-4H3. The fourth-order valence-electron chi connectivity index (χ4n) is 0.971. The van der Waals surface area contributed by atoms with Gasteiger partial charge in [0, 0.05) is 0 Å². The van der Waals surface area contributed by atoms with Crippen LogP contribution in [0.25, 0.3) is 0 Å². The summed E-state index contributed by atoms with van der Waals surface area (Å²) in [4.78, 5) is 19.3. The van der Waals surface area contributed by atoms with E-state index in [-0.39, 0.29) is 23.7 Å². The van der Waals surface area contributed by atoms with E-state index in [1.165, 1.54) is 20.3 Å². The molecule has 0 saturated heterocycles. The smallest absolute Gasteiger partial charge is 0.376 e. The predicted octanol–water partition coefficient (Wildman–Crippen LogP) is 1.06. The SMILES string of the molecule is COc1cc(OC)nc(C(=O)OC(C)C)n1. The van der Waals surface area contributed by atoms with Gasteiger partial charge in [0.2, 0.25) is 17.6 Å². The number of esters is 1. The van der Waals surface area contributed by atoms with E-state index >= 15 is 0 Å². The predicted molar refractivity (Wildman–Crippen MR) is 55.7 cm³/mol. The Labute approximate surface area is 93.6 Å². The van der Waals surface area contributed by atoms with Gasteiger partial charge < -0.3 is 14.2 Å². The monoisotopic (exact) mass is 226 g/mol. The first kappa shape index (κ1) is 12.2. The van der Waals surface area contributed by atoms with E-state index in [9.17, 15) is 4.79 Å². The number of hydrogen-bond donors (Lipinski definition) is 0. The highest BCUT2D eigenvalue weighted by atomic mass is 16.5. The summed E-state index contributed by atoms with van der Waals surface area (Å²) in [6, 6.07) is 1.48. The van der Waals surface area contributed by atoms with E-state index < -0.39 is 5.97 Å². The molecule has 0 radical (unpaired) electrons. The van der Waals surface area contributed by atoms with Crippen LogP contribution in [0.3, 0.4) is 0 Å². The Hall–Kier alpha value is -1.85. The van der Waals surface area contributed by atoms with E-state index in [0.29, 0.717) is 0 Å². The number of methoxy groups -OCH3 is 2. The molecule has 1 rings (SSSR count). The normalized spacial score (nSPS) is 10.1. The molecule has 0 aliphatic carbocycles. The van der Waals surface area contributed by atoms with E-state index in [1.807, 2.05) is 0 Å². The van der Waals surface area contributed by atoms with Crippen molar-refractivity contribution in [3.05, 3.63) is 11.9 Å². The molecule has 0 aliphatic heterocycles. The van der Waals surface area contributed by atoms with E-state index in [4.69, 9.17) is 14.2 Å². The molecule has 16 heavy (non-hydrogen) atoms. The van der Waals surface area contributed by atoms with Crippen molar-refractivity contribution < 1.29 is 19.0 Å². The van der Waals surface area contributed by atoms with Crippen LogP contribution in [0, 0.1) is 0 Å². The van der Waals surface area contributed by atoms with Crippen LogP contribution in [-0.2, 0) is 4.74 Å². The summed E-state index contributed by atoms with van der Waals surface area (Å²) >= 11 is 0. The lowest BCUT2D eigenvalue weighted by Gasteiger charge is -2.08. The molecule has 1 aromatic rings. The first-order valence-electron chi connectivity index (χ1n) is 4.75. The molecule has 1 aromatic heterocycles. The van der Waals surface area contributed by atoms with Crippen LogP contribution < -0.4 is 9.47 Å².